The van der Waals surface area contributed by atoms with E-state index in [4.69, 9.17) is 15.7 Å². The minimum Gasteiger partial charge on any atom is -0.465 e. The third-order valence-corrected chi connectivity index (χ3v) is 5.68. The first-order valence-corrected chi connectivity index (χ1v) is 9.49. The molecule has 0 aromatic carbocycles. The Bertz CT molecular complexity index is 1080. The lowest BCUT2D eigenvalue weighted by Gasteiger charge is -2.19. The number of carbonyl (C=O) groups is 1. The van der Waals surface area contributed by atoms with Crippen LogP contribution in [0.2, 0.25) is 0 Å². The van der Waals surface area contributed by atoms with Crippen molar-refractivity contribution in [2.45, 2.75) is 26.7 Å². The van der Waals surface area contributed by atoms with Gasteiger partial charge in [0.1, 0.15) is 33.0 Å². The third-order valence-electron chi connectivity index (χ3n) is 4.52. The van der Waals surface area contributed by atoms with E-state index in [1.54, 1.807) is 0 Å². The second kappa shape index (κ2) is 7.82. The fourth-order valence-corrected chi connectivity index (χ4v) is 4.22. The minimum absolute atomic E-state index is 0.225. The highest BCUT2D eigenvalue weighted by Gasteiger charge is 2.22. The van der Waals surface area contributed by atoms with Gasteiger partial charge in [-0.05, 0) is 32.3 Å². The molecule has 9 nitrogen and oxygen atoms in total. The largest absolute Gasteiger partial charge is 0.465 e. The first-order chi connectivity index (χ1) is 13.4. The number of thiophene rings is 1. The number of nitrogens with zero attached hydrogens (tertiary/aromatic N) is 5. The molecule has 146 valence electrons. The van der Waals surface area contributed by atoms with Crippen molar-refractivity contribution < 1.29 is 9.53 Å². The quantitative estimate of drug-likeness (QED) is 0.603. The van der Waals surface area contributed by atoms with E-state index in [1.807, 2.05) is 25.8 Å². The molecule has 0 radical (unpaired) electrons. The fraction of sp³-hybridized carbons (Fsp3) is 0.389. The lowest BCUT2D eigenvalue weighted by molar-refractivity contribution is 0.0605. The highest BCUT2D eigenvalue weighted by Crippen LogP contribution is 2.35. The van der Waals surface area contributed by atoms with Crippen LogP contribution in [-0.2, 0) is 11.2 Å². The zero-order valence-corrected chi connectivity index (χ0v) is 17.0. The number of rotatable bonds is 6. The van der Waals surface area contributed by atoms with Gasteiger partial charge in [0.2, 0.25) is 0 Å². The van der Waals surface area contributed by atoms with Crippen LogP contribution in [0, 0.1) is 25.2 Å². The Kier molecular flexibility index (Phi) is 5.46. The van der Waals surface area contributed by atoms with Gasteiger partial charge in [0, 0.05) is 13.6 Å². The van der Waals surface area contributed by atoms with Crippen LogP contribution in [0.4, 0.5) is 11.6 Å². The van der Waals surface area contributed by atoms with Crippen LogP contribution in [0.15, 0.2) is 0 Å². The summed E-state index contributed by atoms with van der Waals surface area (Å²) in [6.07, 6.45) is 1.41. The van der Waals surface area contributed by atoms with Crippen LogP contribution in [0.1, 0.15) is 38.7 Å². The standard InChI is InChI=1S/C18H21N7O2S/c1-9-13-16(21-10(2)22-17(13)28-14(9)18(26)27-4)25(3)7-5-6-12-11(8-19)15(20)24-23-12/h5-7H2,1-4H3,(H3,20,23,24). The van der Waals surface area contributed by atoms with E-state index < -0.39 is 0 Å². The molecule has 0 atom stereocenters. The molecule has 3 rings (SSSR count). The zero-order valence-electron chi connectivity index (χ0n) is 16.2. The van der Waals surface area contributed by atoms with E-state index in [-0.39, 0.29) is 11.8 Å². The topological polar surface area (TPSA) is 134 Å². The number of aromatic amines is 1. The minimum atomic E-state index is -0.368. The summed E-state index contributed by atoms with van der Waals surface area (Å²) in [6, 6.07) is 2.08. The fourth-order valence-electron chi connectivity index (χ4n) is 3.08. The number of nitrogen functional groups attached to an aromatic ring is 1. The van der Waals surface area contributed by atoms with Gasteiger partial charge in [-0.25, -0.2) is 14.8 Å². The van der Waals surface area contributed by atoms with Crippen molar-refractivity contribution in [1.29, 1.82) is 5.26 Å². The zero-order chi connectivity index (χ0) is 20.4. The number of esters is 1. The molecule has 0 saturated heterocycles. The molecule has 0 amide bonds. The average Bonchev–Trinajstić information content (AvgIpc) is 3.19. The maximum absolute atomic E-state index is 12.0. The van der Waals surface area contributed by atoms with Gasteiger partial charge in [0.25, 0.3) is 0 Å². The van der Waals surface area contributed by atoms with Crippen molar-refractivity contribution in [3.8, 4) is 6.07 Å². The first-order valence-electron chi connectivity index (χ1n) is 8.67. The number of nitrogens with one attached hydrogen (secondary N) is 1. The molecular weight excluding hydrogens is 378 g/mol. The number of hydrogen-bond donors (Lipinski definition) is 2. The van der Waals surface area contributed by atoms with Crippen molar-refractivity contribution >= 4 is 39.2 Å². The van der Waals surface area contributed by atoms with E-state index in [1.165, 1.54) is 18.4 Å². The molecule has 0 aliphatic heterocycles. The summed E-state index contributed by atoms with van der Waals surface area (Å²) < 4.78 is 4.88. The van der Waals surface area contributed by atoms with Crippen LogP contribution in [0.3, 0.4) is 0 Å². The van der Waals surface area contributed by atoms with E-state index in [0.717, 1.165) is 33.7 Å². The Morgan fingerprint density at radius 3 is 2.82 bits per heavy atom. The molecule has 0 aliphatic rings. The Balaban J connectivity index is 1.85. The summed E-state index contributed by atoms with van der Waals surface area (Å²) >= 11 is 1.32. The van der Waals surface area contributed by atoms with Crippen LogP contribution < -0.4 is 10.6 Å². The molecule has 0 bridgehead atoms. The van der Waals surface area contributed by atoms with Gasteiger partial charge in [-0.3, -0.25) is 5.10 Å². The molecular formula is C18H21N7O2S. The summed E-state index contributed by atoms with van der Waals surface area (Å²) in [5.41, 5.74) is 7.64. The van der Waals surface area contributed by atoms with Gasteiger partial charge in [0.15, 0.2) is 5.82 Å². The average molecular weight is 399 g/mol. The van der Waals surface area contributed by atoms with E-state index in [0.29, 0.717) is 29.2 Å². The number of fused-ring (bicyclic) bond motifs is 1. The van der Waals surface area contributed by atoms with Gasteiger partial charge in [0.05, 0.1) is 18.2 Å². The van der Waals surface area contributed by atoms with Crippen molar-refractivity contribution in [3.05, 3.63) is 27.5 Å². The smallest absolute Gasteiger partial charge is 0.348 e. The van der Waals surface area contributed by atoms with Gasteiger partial charge in [-0.2, -0.15) is 10.4 Å². The first kappa shape index (κ1) is 19.6. The predicted octanol–water partition coefficient (Wildman–Crippen LogP) is 2.34. The Morgan fingerprint density at radius 2 is 2.14 bits per heavy atom. The lowest BCUT2D eigenvalue weighted by Crippen LogP contribution is -2.21. The molecule has 3 heterocycles. The maximum atomic E-state index is 12.0. The van der Waals surface area contributed by atoms with Crippen molar-refractivity contribution in [3.63, 3.8) is 0 Å². The molecule has 0 saturated carbocycles. The number of methoxy groups -OCH3 is 1. The van der Waals surface area contributed by atoms with Crippen LogP contribution >= 0.6 is 11.3 Å². The Morgan fingerprint density at radius 1 is 1.39 bits per heavy atom. The summed E-state index contributed by atoms with van der Waals surface area (Å²) in [4.78, 5) is 24.5. The third kappa shape index (κ3) is 3.48. The number of ether oxygens (including phenoxy) is 1. The van der Waals surface area contributed by atoms with E-state index in [2.05, 4.69) is 26.2 Å². The molecule has 0 fully saturated rings. The summed E-state index contributed by atoms with van der Waals surface area (Å²) in [5, 5.41) is 16.7. The molecule has 0 aliphatic carbocycles. The monoisotopic (exact) mass is 399 g/mol. The number of nitrogens with two attached hydrogens (primary N) is 1. The predicted molar refractivity (Wildman–Crippen MR) is 108 cm³/mol. The highest BCUT2D eigenvalue weighted by atomic mass is 32.1. The Hall–Kier alpha value is -3.19. The van der Waals surface area contributed by atoms with Crippen molar-refractivity contribution in [2.75, 3.05) is 31.3 Å². The normalized spacial score (nSPS) is 10.8. The van der Waals surface area contributed by atoms with Crippen LogP contribution in [0.25, 0.3) is 10.2 Å². The number of carbonyl (C=O) groups excluding carboxylic acids is 1. The van der Waals surface area contributed by atoms with Gasteiger partial charge >= 0.3 is 5.97 Å². The highest BCUT2D eigenvalue weighted by molar-refractivity contribution is 7.20. The summed E-state index contributed by atoms with van der Waals surface area (Å²) in [7, 11) is 3.32. The maximum Gasteiger partial charge on any atom is 0.348 e. The number of aryl methyl sites for hydroxylation is 3. The number of aromatic nitrogens is 4. The molecule has 0 spiro atoms. The summed E-state index contributed by atoms with van der Waals surface area (Å²) in [6.45, 7) is 4.40. The second-order valence-electron chi connectivity index (χ2n) is 6.42. The van der Waals surface area contributed by atoms with E-state index in [9.17, 15) is 4.79 Å². The Labute approximate surface area is 166 Å². The number of nitriles is 1. The number of anilines is 2. The van der Waals surface area contributed by atoms with E-state index >= 15 is 0 Å². The molecule has 28 heavy (non-hydrogen) atoms. The number of hydrogen-bond acceptors (Lipinski definition) is 9. The molecule has 3 aromatic heterocycles. The second-order valence-corrected chi connectivity index (χ2v) is 7.42. The molecule has 0 unspecified atom stereocenters. The molecule has 3 N–H and O–H groups in total. The van der Waals surface area contributed by atoms with Crippen molar-refractivity contribution in [1.82, 2.24) is 20.2 Å². The van der Waals surface area contributed by atoms with Gasteiger partial charge in [-0.1, -0.05) is 0 Å². The van der Waals surface area contributed by atoms with Gasteiger partial charge < -0.3 is 15.4 Å². The van der Waals surface area contributed by atoms with Crippen LogP contribution in [0.5, 0.6) is 0 Å². The van der Waals surface area contributed by atoms with Gasteiger partial charge in [-0.15, -0.1) is 11.3 Å². The van der Waals surface area contributed by atoms with Crippen molar-refractivity contribution in [2.24, 2.45) is 0 Å². The number of H-pyrrole nitrogens is 1. The van der Waals surface area contributed by atoms with Crippen LogP contribution in [-0.4, -0.2) is 46.8 Å². The SMILES string of the molecule is COC(=O)c1sc2nc(C)nc(N(C)CCCc3[nH]nc(N)c3C#N)c2c1C. The summed E-state index contributed by atoms with van der Waals surface area (Å²) in [5.74, 6) is 1.27. The molecule has 3 aromatic rings. The lowest BCUT2D eigenvalue weighted by atomic mass is 10.1. The molecule has 10 heteroatoms.